The molecule has 0 spiro atoms. The second kappa shape index (κ2) is 5.51. The number of nitrogens with zero attached hydrogens (tertiary/aromatic N) is 1. The summed E-state index contributed by atoms with van der Waals surface area (Å²) < 4.78 is 14.1. The molecule has 1 aromatic carbocycles. The van der Waals surface area contributed by atoms with E-state index in [4.69, 9.17) is 0 Å². The molecule has 2 saturated heterocycles. The zero-order valence-corrected chi connectivity index (χ0v) is 12.8. The van der Waals surface area contributed by atoms with Gasteiger partial charge in [0.25, 0.3) is 0 Å². The summed E-state index contributed by atoms with van der Waals surface area (Å²) in [5.41, 5.74) is 1.08. The first-order valence-electron chi connectivity index (χ1n) is 7.07. The summed E-state index contributed by atoms with van der Waals surface area (Å²) >= 11 is 3.21. The van der Waals surface area contributed by atoms with Crippen LogP contribution in [0.1, 0.15) is 18.9 Å². The highest BCUT2D eigenvalue weighted by Crippen LogP contribution is 2.35. The minimum absolute atomic E-state index is 0.161. The largest absolute Gasteiger partial charge is 0.316 e. The minimum atomic E-state index is -0.161. The lowest BCUT2D eigenvalue weighted by Gasteiger charge is -2.26. The van der Waals surface area contributed by atoms with Gasteiger partial charge >= 0.3 is 0 Å². The molecule has 2 aliphatic rings. The molecule has 4 heteroatoms. The highest BCUT2D eigenvalue weighted by atomic mass is 79.9. The number of nitrogens with one attached hydrogen (secondary N) is 1. The van der Waals surface area contributed by atoms with Gasteiger partial charge in [-0.05, 0) is 65.0 Å². The van der Waals surface area contributed by atoms with Gasteiger partial charge in [-0.1, -0.05) is 13.0 Å². The highest BCUT2D eigenvalue weighted by Gasteiger charge is 2.42. The van der Waals surface area contributed by atoms with Gasteiger partial charge in [-0.2, -0.15) is 0 Å². The molecule has 3 rings (SSSR count). The van der Waals surface area contributed by atoms with E-state index in [1.54, 1.807) is 6.07 Å². The molecule has 2 fully saturated rings. The lowest BCUT2D eigenvalue weighted by molar-refractivity contribution is 0.210. The molecule has 0 radical (unpaired) electrons. The van der Waals surface area contributed by atoms with E-state index in [1.165, 1.54) is 6.42 Å². The van der Waals surface area contributed by atoms with Gasteiger partial charge in [0.1, 0.15) is 5.82 Å². The third-order valence-corrected chi connectivity index (χ3v) is 5.26. The van der Waals surface area contributed by atoms with Crippen LogP contribution in [0.2, 0.25) is 0 Å². The first kappa shape index (κ1) is 13.5. The molecule has 1 aromatic rings. The maximum absolute atomic E-state index is 13.6. The Labute approximate surface area is 122 Å². The van der Waals surface area contributed by atoms with E-state index in [2.05, 4.69) is 33.1 Å². The number of fused-ring (bicyclic) bond motifs is 1. The van der Waals surface area contributed by atoms with Crippen LogP contribution < -0.4 is 5.32 Å². The molecular weight excluding hydrogens is 307 g/mol. The van der Waals surface area contributed by atoms with Crippen LogP contribution in [0.3, 0.4) is 0 Å². The van der Waals surface area contributed by atoms with Crippen molar-refractivity contribution in [3.8, 4) is 0 Å². The topological polar surface area (TPSA) is 15.3 Å². The number of halogens is 2. The fourth-order valence-electron chi connectivity index (χ4n) is 3.73. The zero-order valence-electron chi connectivity index (χ0n) is 11.2. The van der Waals surface area contributed by atoms with Crippen LogP contribution in [-0.2, 0) is 6.54 Å². The van der Waals surface area contributed by atoms with E-state index < -0.39 is 0 Å². The molecule has 2 heterocycles. The van der Waals surface area contributed by atoms with E-state index in [1.807, 2.05) is 12.1 Å². The molecular formula is C15H20BrFN2. The Balaban J connectivity index is 1.74. The van der Waals surface area contributed by atoms with Crippen LogP contribution in [0.4, 0.5) is 4.39 Å². The fourth-order valence-corrected chi connectivity index (χ4v) is 3.97. The molecule has 104 valence electrons. The van der Waals surface area contributed by atoms with E-state index in [-0.39, 0.29) is 5.82 Å². The van der Waals surface area contributed by atoms with Gasteiger partial charge in [0.05, 0.1) is 4.47 Å². The van der Waals surface area contributed by atoms with Crippen LogP contribution in [0.15, 0.2) is 22.7 Å². The van der Waals surface area contributed by atoms with Gasteiger partial charge in [-0.3, -0.25) is 4.90 Å². The van der Waals surface area contributed by atoms with Crippen molar-refractivity contribution in [3.63, 3.8) is 0 Å². The first-order valence-corrected chi connectivity index (χ1v) is 7.87. The smallest absolute Gasteiger partial charge is 0.137 e. The van der Waals surface area contributed by atoms with Gasteiger partial charge in [0.2, 0.25) is 0 Å². The summed E-state index contributed by atoms with van der Waals surface area (Å²) in [6.07, 6.45) is 1.18. The standard InChI is InChI=1S/C15H20BrFN2/c1-2-15-12-7-18-6-11(12)9-19(15)8-10-3-4-13(16)14(17)5-10/h3-5,11-12,15,18H,2,6-9H2,1H3. The molecule has 0 saturated carbocycles. The van der Waals surface area contributed by atoms with Crippen molar-refractivity contribution in [1.82, 2.24) is 10.2 Å². The molecule has 0 aromatic heterocycles. The quantitative estimate of drug-likeness (QED) is 0.918. The van der Waals surface area contributed by atoms with Crippen LogP contribution in [0, 0.1) is 17.7 Å². The molecule has 2 nitrogen and oxygen atoms in total. The number of likely N-dealkylation sites (tertiary alicyclic amines) is 1. The average Bonchev–Trinajstić information content (AvgIpc) is 2.94. The fraction of sp³-hybridized carbons (Fsp3) is 0.600. The normalized spacial score (nSPS) is 30.8. The monoisotopic (exact) mass is 326 g/mol. The van der Waals surface area contributed by atoms with Crippen molar-refractivity contribution in [2.45, 2.75) is 25.9 Å². The Bertz CT molecular complexity index is 465. The summed E-state index contributed by atoms with van der Waals surface area (Å²) in [5.74, 6) is 1.40. The molecule has 19 heavy (non-hydrogen) atoms. The van der Waals surface area contributed by atoms with E-state index >= 15 is 0 Å². The number of rotatable bonds is 3. The molecule has 0 amide bonds. The Morgan fingerprint density at radius 3 is 3.00 bits per heavy atom. The highest BCUT2D eigenvalue weighted by molar-refractivity contribution is 9.10. The molecule has 3 atom stereocenters. The summed E-state index contributed by atoms with van der Waals surface area (Å²) in [6, 6.07) is 6.13. The van der Waals surface area contributed by atoms with Crippen molar-refractivity contribution in [2.24, 2.45) is 11.8 Å². The van der Waals surface area contributed by atoms with Gasteiger partial charge in [-0.15, -0.1) is 0 Å². The molecule has 0 aliphatic carbocycles. The van der Waals surface area contributed by atoms with Crippen molar-refractivity contribution < 1.29 is 4.39 Å². The Morgan fingerprint density at radius 1 is 1.42 bits per heavy atom. The van der Waals surface area contributed by atoms with E-state index in [0.29, 0.717) is 10.5 Å². The number of benzene rings is 1. The summed E-state index contributed by atoms with van der Waals surface area (Å²) in [7, 11) is 0. The Kier molecular flexibility index (Phi) is 3.92. The van der Waals surface area contributed by atoms with Crippen molar-refractivity contribution >= 4 is 15.9 Å². The zero-order chi connectivity index (χ0) is 13.4. The molecule has 3 unspecified atom stereocenters. The van der Waals surface area contributed by atoms with E-state index in [9.17, 15) is 4.39 Å². The minimum Gasteiger partial charge on any atom is -0.316 e. The molecule has 0 bridgehead atoms. The molecule has 2 aliphatic heterocycles. The van der Waals surface area contributed by atoms with Gasteiger partial charge in [0.15, 0.2) is 0 Å². The maximum atomic E-state index is 13.6. The summed E-state index contributed by atoms with van der Waals surface area (Å²) in [5, 5.41) is 3.50. The third-order valence-electron chi connectivity index (χ3n) is 4.61. The van der Waals surface area contributed by atoms with Crippen LogP contribution >= 0.6 is 15.9 Å². The van der Waals surface area contributed by atoms with Crippen LogP contribution in [0.5, 0.6) is 0 Å². The van der Waals surface area contributed by atoms with Crippen LogP contribution in [-0.4, -0.2) is 30.6 Å². The predicted molar refractivity (Wildman–Crippen MR) is 78.4 cm³/mol. The number of hydrogen-bond donors (Lipinski definition) is 1. The molecule has 1 N–H and O–H groups in total. The van der Waals surface area contributed by atoms with Gasteiger partial charge < -0.3 is 5.32 Å². The average molecular weight is 327 g/mol. The van der Waals surface area contributed by atoms with Gasteiger partial charge in [0, 0.05) is 19.1 Å². The Hall–Kier alpha value is -0.450. The first-order chi connectivity index (χ1) is 9.19. The van der Waals surface area contributed by atoms with Crippen LogP contribution in [0.25, 0.3) is 0 Å². The number of hydrogen-bond acceptors (Lipinski definition) is 2. The lowest BCUT2D eigenvalue weighted by Crippen LogP contribution is -2.34. The second-order valence-corrected chi connectivity index (χ2v) is 6.59. The predicted octanol–water partition coefficient (Wildman–Crippen LogP) is 3.02. The third kappa shape index (κ3) is 2.58. The van der Waals surface area contributed by atoms with Crippen molar-refractivity contribution in [3.05, 3.63) is 34.1 Å². The SMILES string of the molecule is CCC1C2CNCC2CN1Cc1ccc(Br)c(F)c1. The van der Waals surface area contributed by atoms with Crippen molar-refractivity contribution in [1.29, 1.82) is 0 Å². The Morgan fingerprint density at radius 2 is 2.26 bits per heavy atom. The van der Waals surface area contributed by atoms with Gasteiger partial charge in [-0.25, -0.2) is 4.39 Å². The summed E-state index contributed by atoms with van der Waals surface area (Å²) in [6.45, 7) is 6.57. The summed E-state index contributed by atoms with van der Waals surface area (Å²) in [4.78, 5) is 2.54. The second-order valence-electron chi connectivity index (χ2n) is 5.74. The lowest BCUT2D eigenvalue weighted by atomic mass is 9.93. The van der Waals surface area contributed by atoms with Crippen molar-refractivity contribution in [2.75, 3.05) is 19.6 Å². The van der Waals surface area contributed by atoms with E-state index in [0.717, 1.165) is 43.6 Å². The maximum Gasteiger partial charge on any atom is 0.137 e.